The fourth-order valence-corrected chi connectivity index (χ4v) is 4.48. The molecule has 0 heterocycles. The number of benzene rings is 2. The summed E-state index contributed by atoms with van der Waals surface area (Å²) in [4.78, 5) is 25.9. The topological polar surface area (TPSA) is 34.1 Å². The van der Waals surface area contributed by atoms with Gasteiger partial charge in [0, 0.05) is 20.8 Å². The van der Waals surface area contributed by atoms with Crippen molar-refractivity contribution < 1.29 is 9.59 Å². The van der Waals surface area contributed by atoms with E-state index in [1.165, 1.54) is 0 Å². The van der Waals surface area contributed by atoms with Gasteiger partial charge in [-0.3, -0.25) is 9.59 Å². The molecule has 4 rings (SSSR count). The van der Waals surface area contributed by atoms with E-state index >= 15 is 0 Å². The number of carbonyl (C=O) groups is 2. The van der Waals surface area contributed by atoms with Crippen molar-refractivity contribution >= 4 is 55.6 Å². The Hall–Kier alpha value is -1.78. The first-order valence-electron chi connectivity index (χ1n) is 9.00. The second-order valence-electron chi connectivity index (χ2n) is 7.21. The van der Waals surface area contributed by atoms with Crippen LogP contribution in [0.15, 0.2) is 68.6 Å². The van der Waals surface area contributed by atoms with Gasteiger partial charge in [0.1, 0.15) is 0 Å². The van der Waals surface area contributed by atoms with Crippen molar-refractivity contribution in [3.63, 3.8) is 0 Å². The molecule has 2 atom stereocenters. The van der Waals surface area contributed by atoms with Gasteiger partial charge in [-0.1, -0.05) is 56.1 Å². The number of fused-ring (bicyclic) bond motifs is 2. The number of hydrogen-bond acceptors (Lipinski definition) is 2. The normalized spacial score (nSPS) is 25.3. The Labute approximate surface area is 175 Å². The zero-order valence-electron chi connectivity index (χ0n) is 14.6. The Morgan fingerprint density at radius 3 is 1.41 bits per heavy atom. The molecule has 2 aromatic carbocycles. The highest BCUT2D eigenvalue weighted by molar-refractivity contribution is 9.10. The SMILES string of the molecule is O=C1/C(=C/c2ccc(Br)cc2)CC2CC1C/C(=C\c1ccc(Br)cc1)C2=O. The monoisotopic (exact) mass is 484 g/mol. The zero-order chi connectivity index (χ0) is 19.0. The maximum atomic E-state index is 12.9. The van der Waals surface area contributed by atoms with E-state index in [0.717, 1.165) is 31.2 Å². The molecule has 2 aliphatic carbocycles. The van der Waals surface area contributed by atoms with Gasteiger partial charge in [0.2, 0.25) is 0 Å². The first kappa shape index (κ1) is 18.6. The van der Waals surface area contributed by atoms with Gasteiger partial charge in [-0.05, 0) is 78.0 Å². The number of hydrogen-bond donors (Lipinski definition) is 0. The first-order valence-corrected chi connectivity index (χ1v) is 10.6. The lowest BCUT2D eigenvalue weighted by Crippen LogP contribution is -2.37. The molecule has 2 saturated carbocycles. The summed E-state index contributed by atoms with van der Waals surface area (Å²) in [6, 6.07) is 15.8. The zero-order valence-corrected chi connectivity index (χ0v) is 17.8. The van der Waals surface area contributed by atoms with Crippen molar-refractivity contribution in [3.05, 3.63) is 79.7 Å². The third kappa shape index (κ3) is 4.07. The Kier molecular flexibility index (Phi) is 5.29. The number of carbonyl (C=O) groups excluding carboxylic acids is 2. The number of rotatable bonds is 2. The molecule has 0 radical (unpaired) electrons. The third-order valence-electron chi connectivity index (χ3n) is 5.30. The van der Waals surface area contributed by atoms with Gasteiger partial charge in [0.05, 0.1) is 0 Å². The molecule has 2 fully saturated rings. The molecule has 0 saturated heterocycles. The molecule has 2 bridgehead atoms. The molecule has 27 heavy (non-hydrogen) atoms. The summed E-state index contributed by atoms with van der Waals surface area (Å²) in [5, 5.41) is 0. The van der Waals surface area contributed by atoms with Crippen molar-refractivity contribution in [2.75, 3.05) is 0 Å². The Balaban J connectivity index is 1.60. The summed E-state index contributed by atoms with van der Waals surface area (Å²) < 4.78 is 2.02. The van der Waals surface area contributed by atoms with Crippen LogP contribution in [0.4, 0.5) is 0 Å². The largest absolute Gasteiger partial charge is 0.294 e. The summed E-state index contributed by atoms with van der Waals surface area (Å²) in [5.41, 5.74) is 3.57. The molecule has 136 valence electrons. The smallest absolute Gasteiger partial charge is 0.162 e. The van der Waals surface area contributed by atoms with Crippen molar-refractivity contribution in [2.24, 2.45) is 11.8 Å². The average Bonchev–Trinajstić information content (AvgIpc) is 2.66. The summed E-state index contributed by atoms with van der Waals surface area (Å²) in [6.07, 6.45) is 5.67. The fraction of sp³-hybridized carbons (Fsp3) is 0.217. The predicted octanol–water partition coefficient (Wildman–Crippen LogP) is 6.25. The summed E-state index contributed by atoms with van der Waals surface area (Å²) >= 11 is 6.85. The Morgan fingerprint density at radius 1 is 0.667 bits per heavy atom. The van der Waals surface area contributed by atoms with Crippen molar-refractivity contribution in [1.29, 1.82) is 0 Å². The Morgan fingerprint density at radius 2 is 1.04 bits per heavy atom. The van der Waals surface area contributed by atoms with Crippen molar-refractivity contribution in [1.82, 2.24) is 0 Å². The van der Waals surface area contributed by atoms with E-state index in [2.05, 4.69) is 31.9 Å². The van der Waals surface area contributed by atoms with Crippen LogP contribution < -0.4 is 0 Å². The van der Waals surface area contributed by atoms with E-state index in [-0.39, 0.29) is 23.4 Å². The van der Waals surface area contributed by atoms with Crippen LogP contribution in [0, 0.1) is 11.8 Å². The van der Waals surface area contributed by atoms with E-state index in [0.29, 0.717) is 19.3 Å². The molecule has 4 heteroatoms. The summed E-state index contributed by atoms with van der Waals surface area (Å²) in [6.45, 7) is 0. The number of Topliss-reactive ketones (excluding diaryl/α,β-unsaturated/α-hetero) is 2. The van der Waals surface area contributed by atoms with E-state index in [9.17, 15) is 9.59 Å². The Bertz CT molecular complexity index is 873. The molecule has 0 aliphatic heterocycles. The van der Waals surface area contributed by atoms with Gasteiger partial charge in [-0.15, -0.1) is 0 Å². The third-order valence-corrected chi connectivity index (χ3v) is 6.36. The molecule has 2 nitrogen and oxygen atoms in total. The molecule has 0 spiro atoms. The van der Waals surface area contributed by atoms with E-state index < -0.39 is 0 Å². The van der Waals surface area contributed by atoms with Gasteiger partial charge in [0.15, 0.2) is 11.6 Å². The lowest BCUT2D eigenvalue weighted by Gasteiger charge is -2.35. The van der Waals surface area contributed by atoms with Gasteiger partial charge in [0.25, 0.3) is 0 Å². The van der Waals surface area contributed by atoms with Crippen LogP contribution in [-0.4, -0.2) is 11.6 Å². The molecule has 2 aromatic rings. The van der Waals surface area contributed by atoms with Crippen molar-refractivity contribution in [3.8, 4) is 0 Å². The highest BCUT2D eigenvalue weighted by atomic mass is 79.9. The molecule has 0 amide bonds. The summed E-state index contributed by atoms with van der Waals surface area (Å²) in [7, 11) is 0. The first-order chi connectivity index (χ1) is 13.0. The number of allylic oxidation sites excluding steroid dienone is 2. The quantitative estimate of drug-likeness (QED) is 0.471. The number of halogens is 2. The van der Waals surface area contributed by atoms with Gasteiger partial charge in [-0.2, -0.15) is 0 Å². The van der Waals surface area contributed by atoms with Gasteiger partial charge < -0.3 is 0 Å². The standard InChI is InChI=1S/C23H18Br2O2/c24-20-5-1-14(2-6-20)9-16-11-18-13-19(22(16)26)12-17(23(18)27)10-15-3-7-21(25)8-4-15/h1-10,18-19H,11-13H2/b16-9+,17-10+. The second kappa shape index (κ2) is 7.69. The van der Waals surface area contributed by atoms with Gasteiger partial charge in [-0.25, -0.2) is 0 Å². The maximum Gasteiger partial charge on any atom is 0.162 e. The van der Waals surface area contributed by atoms with Crippen LogP contribution in [-0.2, 0) is 9.59 Å². The summed E-state index contributed by atoms with van der Waals surface area (Å²) in [5.74, 6) is 0.237. The predicted molar refractivity (Wildman–Crippen MR) is 115 cm³/mol. The van der Waals surface area contributed by atoms with Gasteiger partial charge >= 0.3 is 0 Å². The van der Waals surface area contributed by atoms with Crippen molar-refractivity contribution in [2.45, 2.75) is 19.3 Å². The van der Waals surface area contributed by atoms with E-state index in [4.69, 9.17) is 0 Å². The second-order valence-corrected chi connectivity index (χ2v) is 9.04. The molecule has 0 aromatic heterocycles. The van der Waals surface area contributed by atoms with Crippen LogP contribution in [0.25, 0.3) is 12.2 Å². The molecular weight excluding hydrogens is 468 g/mol. The lowest BCUT2D eigenvalue weighted by atomic mass is 9.66. The maximum absolute atomic E-state index is 12.9. The minimum absolute atomic E-state index is 0.0788. The van der Waals surface area contributed by atoms with Crippen LogP contribution >= 0.6 is 31.9 Å². The molecule has 2 aliphatic rings. The van der Waals surface area contributed by atoms with E-state index in [1.54, 1.807) is 0 Å². The van der Waals surface area contributed by atoms with Crippen LogP contribution in [0.2, 0.25) is 0 Å². The highest BCUT2D eigenvalue weighted by Crippen LogP contribution is 2.41. The molecule has 2 unspecified atom stereocenters. The lowest BCUT2D eigenvalue weighted by molar-refractivity contribution is -0.127. The van der Waals surface area contributed by atoms with Crippen LogP contribution in [0.3, 0.4) is 0 Å². The average molecular weight is 486 g/mol. The van der Waals surface area contributed by atoms with E-state index in [1.807, 2.05) is 60.7 Å². The minimum atomic E-state index is -0.0788. The minimum Gasteiger partial charge on any atom is -0.294 e. The fourth-order valence-electron chi connectivity index (χ4n) is 3.95. The molecular formula is C23H18Br2O2. The number of ketones is 2. The van der Waals surface area contributed by atoms with Crippen LogP contribution in [0.1, 0.15) is 30.4 Å². The molecule has 0 N–H and O–H groups in total. The highest BCUT2D eigenvalue weighted by Gasteiger charge is 2.41. The van der Waals surface area contributed by atoms with Crippen LogP contribution in [0.5, 0.6) is 0 Å².